The van der Waals surface area contributed by atoms with Crippen LogP contribution < -0.4 is 4.74 Å². The van der Waals surface area contributed by atoms with Gasteiger partial charge in [-0.1, -0.05) is 58.4 Å². The van der Waals surface area contributed by atoms with Crippen LogP contribution in [-0.2, 0) is 11.4 Å². The largest absolute Gasteiger partial charge is 0.489 e. The minimum atomic E-state index is -0.0183. The molecule has 1 aliphatic heterocycles. The number of carbonyl (C=O) groups is 1. The van der Waals surface area contributed by atoms with Crippen molar-refractivity contribution in [1.82, 2.24) is 4.90 Å². The van der Waals surface area contributed by atoms with Crippen molar-refractivity contribution >= 4 is 50.5 Å². The first-order valence-electron chi connectivity index (χ1n) is 10.3. The summed E-state index contributed by atoms with van der Waals surface area (Å²) >= 11 is 4.85. The van der Waals surface area contributed by atoms with Gasteiger partial charge in [-0.25, -0.2) is 4.99 Å². The number of carbonyl (C=O) groups excluding carboxylic acids is 1. The van der Waals surface area contributed by atoms with E-state index in [4.69, 9.17) is 9.73 Å². The minimum Gasteiger partial charge on any atom is -0.489 e. The number of halogens is 1. The smallest absolute Gasteiger partial charge is 0.266 e. The van der Waals surface area contributed by atoms with Crippen LogP contribution in [0.4, 0.5) is 5.69 Å². The van der Waals surface area contributed by atoms with Crippen LogP contribution in [0.15, 0.2) is 93.2 Å². The van der Waals surface area contributed by atoms with E-state index in [1.165, 1.54) is 11.8 Å². The summed E-state index contributed by atoms with van der Waals surface area (Å²) in [5.41, 5.74) is 2.88. The van der Waals surface area contributed by atoms with Gasteiger partial charge in [-0.15, -0.1) is 0 Å². The van der Waals surface area contributed by atoms with Crippen LogP contribution in [0.5, 0.6) is 5.75 Å². The van der Waals surface area contributed by atoms with Gasteiger partial charge in [-0.2, -0.15) is 0 Å². The molecule has 4 nitrogen and oxygen atoms in total. The molecule has 1 fully saturated rings. The third-order valence-electron chi connectivity index (χ3n) is 4.83. The average Bonchev–Trinajstić information content (AvgIpc) is 3.09. The van der Waals surface area contributed by atoms with Crippen LogP contribution in [-0.4, -0.2) is 22.0 Å². The maximum absolute atomic E-state index is 13.0. The molecule has 32 heavy (non-hydrogen) atoms. The first-order chi connectivity index (χ1) is 15.5. The van der Waals surface area contributed by atoms with Gasteiger partial charge in [0.15, 0.2) is 5.17 Å². The van der Waals surface area contributed by atoms with Crippen LogP contribution in [0.25, 0.3) is 6.08 Å². The Morgan fingerprint density at radius 3 is 2.34 bits per heavy atom. The van der Waals surface area contributed by atoms with Crippen molar-refractivity contribution in [3.05, 3.63) is 99.4 Å². The Bertz CT molecular complexity index is 1140. The average molecular weight is 507 g/mol. The zero-order chi connectivity index (χ0) is 22.5. The molecule has 3 aromatic rings. The van der Waals surface area contributed by atoms with Crippen molar-refractivity contribution in [3.8, 4) is 5.75 Å². The summed E-state index contributed by atoms with van der Waals surface area (Å²) in [5, 5.41) is 0.705. The number of benzene rings is 3. The van der Waals surface area contributed by atoms with Crippen LogP contribution in [0, 0.1) is 0 Å². The molecule has 0 aromatic heterocycles. The molecule has 0 spiro atoms. The van der Waals surface area contributed by atoms with Gasteiger partial charge < -0.3 is 4.74 Å². The van der Waals surface area contributed by atoms with Gasteiger partial charge in [-0.3, -0.25) is 9.69 Å². The Morgan fingerprint density at radius 2 is 1.69 bits per heavy atom. The molecular weight excluding hydrogens is 484 g/mol. The van der Waals surface area contributed by atoms with Crippen LogP contribution in [0.1, 0.15) is 25.0 Å². The van der Waals surface area contributed by atoms with Crippen molar-refractivity contribution in [2.75, 3.05) is 0 Å². The Hall–Kier alpha value is -2.83. The first kappa shape index (κ1) is 22.4. The third kappa shape index (κ3) is 5.50. The summed E-state index contributed by atoms with van der Waals surface area (Å²) in [6.07, 6.45) is 1.91. The highest BCUT2D eigenvalue weighted by molar-refractivity contribution is 9.10. The minimum absolute atomic E-state index is 0.0183. The lowest BCUT2D eigenvalue weighted by Gasteiger charge is -2.19. The van der Waals surface area contributed by atoms with Crippen molar-refractivity contribution < 1.29 is 9.53 Å². The number of amides is 1. The number of nitrogens with zero attached hydrogens (tertiary/aromatic N) is 2. The van der Waals surface area contributed by atoms with Gasteiger partial charge in [-0.05, 0) is 79.2 Å². The second kappa shape index (κ2) is 10.2. The van der Waals surface area contributed by atoms with Gasteiger partial charge in [0.1, 0.15) is 12.4 Å². The predicted octanol–water partition coefficient (Wildman–Crippen LogP) is 7.04. The van der Waals surface area contributed by atoms with Gasteiger partial charge >= 0.3 is 0 Å². The number of ether oxygens (including phenoxy) is 1. The van der Waals surface area contributed by atoms with E-state index < -0.39 is 0 Å². The molecular formula is C26H23BrN2O2S. The standard InChI is InChI=1S/C26H23BrN2O2S/c1-18(2)29-25(30)24(32-26(29)28-22-6-4-3-5-7-22)16-19-10-14-23(15-11-19)31-17-20-8-12-21(27)13-9-20/h3-16,18H,17H2,1-2H3/b24-16+,28-26?. The normalized spacial score (nSPS) is 16.4. The molecule has 0 saturated carbocycles. The Kier molecular flexibility index (Phi) is 7.12. The van der Waals surface area contributed by atoms with E-state index in [2.05, 4.69) is 15.9 Å². The van der Waals surface area contributed by atoms with E-state index >= 15 is 0 Å². The molecule has 0 N–H and O–H groups in total. The summed E-state index contributed by atoms with van der Waals surface area (Å²) in [5.74, 6) is 0.769. The molecule has 1 heterocycles. The molecule has 3 aromatic carbocycles. The fraction of sp³-hybridized carbons (Fsp3) is 0.154. The Morgan fingerprint density at radius 1 is 1.00 bits per heavy atom. The quantitative estimate of drug-likeness (QED) is 0.336. The molecule has 0 bridgehead atoms. The summed E-state index contributed by atoms with van der Waals surface area (Å²) in [4.78, 5) is 20.1. The Labute approximate surface area is 201 Å². The molecule has 1 aliphatic rings. The fourth-order valence-electron chi connectivity index (χ4n) is 3.19. The van der Waals surface area contributed by atoms with E-state index in [-0.39, 0.29) is 11.9 Å². The molecule has 162 valence electrons. The zero-order valence-corrected chi connectivity index (χ0v) is 20.3. The second-order valence-corrected chi connectivity index (χ2v) is 9.52. The summed E-state index contributed by atoms with van der Waals surface area (Å²) in [7, 11) is 0. The number of hydrogen-bond acceptors (Lipinski definition) is 4. The number of amidine groups is 1. The number of aliphatic imine (C=N–C) groups is 1. The van der Waals surface area contributed by atoms with Crippen molar-refractivity contribution in [3.63, 3.8) is 0 Å². The third-order valence-corrected chi connectivity index (χ3v) is 6.34. The van der Waals surface area contributed by atoms with Crippen LogP contribution in [0.2, 0.25) is 0 Å². The van der Waals surface area contributed by atoms with E-state index in [1.54, 1.807) is 4.90 Å². The van der Waals surface area contributed by atoms with E-state index in [0.717, 1.165) is 27.0 Å². The first-order valence-corrected chi connectivity index (χ1v) is 11.9. The lowest BCUT2D eigenvalue weighted by molar-refractivity contribution is -0.123. The number of hydrogen-bond donors (Lipinski definition) is 0. The number of thioether (sulfide) groups is 1. The molecule has 1 amide bonds. The molecule has 0 unspecified atom stereocenters. The van der Waals surface area contributed by atoms with Gasteiger partial charge in [0.25, 0.3) is 5.91 Å². The topological polar surface area (TPSA) is 41.9 Å². The molecule has 0 radical (unpaired) electrons. The molecule has 1 saturated heterocycles. The van der Waals surface area contributed by atoms with Crippen molar-refractivity contribution in [2.24, 2.45) is 4.99 Å². The van der Waals surface area contributed by atoms with E-state index in [9.17, 15) is 4.79 Å². The lowest BCUT2D eigenvalue weighted by Crippen LogP contribution is -2.35. The SMILES string of the molecule is CC(C)N1C(=O)/C(=C\c2ccc(OCc3ccc(Br)cc3)cc2)SC1=Nc1ccccc1. The molecule has 0 aliphatic carbocycles. The monoisotopic (exact) mass is 506 g/mol. The molecule has 6 heteroatoms. The number of rotatable bonds is 6. The van der Waals surface area contributed by atoms with Crippen molar-refractivity contribution in [1.29, 1.82) is 0 Å². The highest BCUT2D eigenvalue weighted by Crippen LogP contribution is 2.35. The molecule has 0 atom stereocenters. The second-order valence-electron chi connectivity index (χ2n) is 7.59. The van der Waals surface area contributed by atoms with Crippen LogP contribution in [0.3, 0.4) is 0 Å². The number of para-hydroxylation sites is 1. The van der Waals surface area contributed by atoms with Crippen molar-refractivity contribution in [2.45, 2.75) is 26.5 Å². The maximum Gasteiger partial charge on any atom is 0.266 e. The highest BCUT2D eigenvalue weighted by Gasteiger charge is 2.35. The van der Waals surface area contributed by atoms with Gasteiger partial charge in [0.2, 0.25) is 0 Å². The fourth-order valence-corrected chi connectivity index (χ4v) is 4.58. The lowest BCUT2D eigenvalue weighted by atomic mass is 10.2. The summed E-state index contributed by atoms with van der Waals surface area (Å²) < 4.78 is 6.92. The van der Waals surface area contributed by atoms with E-state index in [0.29, 0.717) is 16.7 Å². The Balaban J connectivity index is 1.48. The summed E-state index contributed by atoms with van der Waals surface area (Å²) in [6, 6.07) is 25.6. The molecule has 4 rings (SSSR count). The summed E-state index contributed by atoms with van der Waals surface area (Å²) in [6.45, 7) is 4.50. The van der Waals surface area contributed by atoms with Crippen LogP contribution >= 0.6 is 27.7 Å². The van der Waals surface area contributed by atoms with E-state index in [1.807, 2.05) is 98.8 Å². The van der Waals surface area contributed by atoms with Gasteiger partial charge in [0.05, 0.1) is 10.6 Å². The predicted molar refractivity (Wildman–Crippen MR) is 136 cm³/mol. The van der Waals surface area contributed by atoms with Gasteiger partial charge in [0, 0.05) is 10.5 Å². The maximum atomic E-state index is 13.0. The zero-order valence-electron chi connectivity index (χ0n) is 17.9. The highest BCUT2D eigenvalue weighted by atomic mass is 79.9.